The van der Waals surface area contributed by atoms with Crippen LogP contribution in [0.1, 0.15) is 34.1 Å². The fourth-order valence-electron chi connectivity index (χ4n) is 2.61. The van der Waals surface area contributed by atoms with Gasteiger partial charge in [0.15, 0.2) is 0 Å². The van der Waals surface area contributed by atoms with Crippen molar-refractivity contribution in [3.8, 4) is 17.3 Å². The van der Waals surface area contributed by atoms with Crippen molar-refractivity contribution in [2.24, 2.45) is 0 Å². The Morgan fingerprint density at radius 2 is 2.14 bits per heavy atom. The van der Waals surface area contributed by atoms with E-state index in [-0.39, 0.29) is 11.7 Å². The molecule has 3 aromatic heterocycles. The van der Waals surface area contributed by atoms with E-state index in [2.05, 4.69) is 26.5 Å². The summed E-state index contributed by atoms with van der Waals surface area (Å²) in [6.07, 6.45) is 2.69. The molecule has 0 radical (unpaired) electrons. The number of hydrogen-bond donors (Lipinski definition) is 1. The third-order valence-electron chi connectivity index (χ3n) is 3.83. The second kappa shape index (κ2) is 7.37. The van der Waals surface area contributed by atoms with Crippen molar-refractivity contribution in [2.75, 3.05) is 0 Å². The van der Waals surface area contributed by atoms with E-state index in [9.17, 15) is 10.1 Å². The Labute approximate surface area is 171 Å². The summed E-state index contributed by atoms with van der Waals surface area (Å²) >= 11 is 7.54. The molecule has 8 nitrogen and oxygen atoms in total. The van der Waals surface area contributed by atoms with Crippen LogP contribution in [0.2, 0.25) is 5.28 Å². The first-order valence-corrected chi connectivity index (χ1v) is 9.71. The Kier molecular flexibility index (Phi) is 5.28. The van der Waals surface area contributed by atoms with Crippen LogP contribution in [0.5, 0.6) is 0 Å². The summed E-state index contributed by atoms with van der Waals surface area (Å²) in [6.45, 7) is 7.01. The number of aromatic nitrogens is 4. The van der Waals surface area contributed by atoms with Gasteiger partial charge < -0.3 is 4.74 Å². The van der Waals surface area contributed by atoms with Crippen LogP contribution in [0.4, 0.5) is 4.79 Å². The number of nitrogens with one attached hydrogen (secondary N) is 1. The average molecular weight is 419 g/mol. The van der Waals surface area contributed by atoms with Crippen LogP contribution in [-0.2, 0) is 10.4 Å². The zero-order valence-electron chi connectivity index (χ0n) is 15.9. The SMILES string of the molecule is CC(C)(C)OC(=O)NC(C)(CC#N)n1cc(-c2nc(Cl)nc3ccsc23)cn1. The maximum absolute atomic E-state index is 12.3. The van der Waals surface area contributed by atoms with Crippen molar-refractivity contribution in [3.63, 3.8) is 0 Å². The minimum absolute atomic E-state index is 0.00763. The monoisotopic (exact) mass is 418 g/mol. The molecule has 3 rings (SSSR count). The van der Waals surface area contributed by atoms with Gasteiger partial charge in [0.25, 0.3) is 0 Å². The lowest BCUT2D eigenvalue weighted by Gasteiger charge is -2.30. The minimum atomic E-state index is -1.10. The number of rotatable bonds is 4. The highest BCUT2D eigenvalue weighted by atomic mass is 35.5. The lowest BCUT2D eigenvalue weighted by molar-refractivity contribution is 0.0399. The van der Waals surface area contributed by atoms with Crippen LogP contribution < -0.4 is 5.32 Å². The summed E-state index contributed by atoms with van der Waals surface area (Å²) in [4.78, 5) is 20.8. The molecular weight excluding hydrogens is 400 g/mol. The van der Waals surface area contributed by atoms with Crippen molar-refractivity contribution >= 4 is 39.2 Å². The molecule has 0 aliphatic carbocycles. The standard InChI is InChI=1S/C18H19ClN6O2S/c1-17(2,3)27-16(26)24-18(4,6-7-20)25-10-11(9-21-25)13-14-12(5-8-28-14)22-15(19)23-13/h5,8-10H,6H2,1-4H3,(H,24,26). The third kappa shape index (κ3) is 4.24. The van der Waals surface area contributed by atoms with Crippen molar-refractivity contribution in [1.29, 1.82) is 5.26 Å². The predicted molar refractivity (Wildman–Crippen MR) is 107 cm³/mol. The molecule has 0 spiro atoms. The number of amides is 1. The number of alkyl carbamates (subject to hydrolysis) is 1. The number of carbonyl (C=O) groups is 1. The molecule has 1 N–H and O–H groups in total. The summed E-state index contributed by atoms with van der Waals surface area (Å²) in [6, 6.07) is 3.95. The quantitative estimate of drug-likeness (QED) is 0.632. The molecule has 0 fully saturated rings. The molecular formula is C18H19ClN6O2S. The Bertz CT molecular complexity index is 1060. The maximum Gasteiger partial charge on any atom is 0.409 e. The van der Waals surface area contributed by atoms with E-state index in [1.54, 1.807) is 40.1 Å². The Balaban J connectivity index is 1.96. The number of halogens is 1. The predicted octanol–water partition coefficient (Wildman–Crippen LogP) is 4.32. The van der Waals surface area contributed by atoms with Gasteiger partial charge in [-0.15, -0.1) is 11.3 Å². The molecule has 0 saturated carbocycles. The number of nitrogens with zero attached hydrogens (tertiary/aromatic N) is 5. The van der Waals surface area contributed by atoms with E-state index >= 15 is 0 Å². The Morgan fingerprint density at radius 1 is 1.39 bits per heavy atom. The van der Waals surface area contributed by atoms with Crippen molar-refractivity contribution in [1.82, 2.24) is 25.1 Å². The van der Waals surface area contributed by atoms with Gasteiger partial charge in [-0.1, -0.05) is 0 Å². The first-order chi connectivity index (χ1) is 13.1. The molecule has 0 aliphatic rings. The zero-order chi connectivity index (χ0) is 20.5. The minimum Gasteiger partial charge on any atom is -0.444 e. The molecule has 0 aliphatic heterocycles. The molecule has 0 aromatic carbocycles. The zero-order valence-corrected chi connectivity index (χ0v) is 17.4. The second-order valence-electron chi connectivity index (χ2n) is 7.39. The fourth-order valence-corrected chi connectivity index (χ4v) is 3.62. The molecule has 28 heavy (non-hydrogen) atoms. The molecule has 10 heteroatoms. The smallest absolute Gasteiger partial charge is 0.409 e. The molecule has 1 unspecified atom stereocenters. The number of hydrogen-bond acceptors (Lipinski definition) is 7. The van der Waals surface area contributed by atoms with Crippen molar-refractivity contribution in [2.45, 2.75) is 45.4 Å². The van der Waals surface area contributed by atoms with Gasteiger partial charge in [0.05, 0.1) is 34.6 Å². The first-order valence-electron chi connectivity index (χ1n) is 8.46. The van der Waals surface area contributed by atoms with Crippen LogP contribution in [0.25, 0.3) is 21.5 Å². The summed E-state index contributed by atoms with van der Waals surface area (Å²) in [5.41, 5.74) is 0.343. The second-order valence-corrected chi connectivity index (χ2v) is 8.64. The number of thiophene rings is 1. The van der Waals surface area contributed by atoms with Crippen LogP contribution in [0, 0.1) is 11.3 Å². The molecule has 3 aromatic rings. The number of ether oxygens (including phenoxy) is 1. The van der Waals surface area contributed by atoms with Gasteiger partial charge in [-0.2, -0.15) is 10.4 Å². The third-order valence-corrected chi connectivity index (χ3v) is 4.91. The van der Waals surface area contributed by atoms with E-state index in [1.165, 1.54) is 16.0 Å². The van der Waals surface area contributed by atoms with Crippen LogP contribution in [0.3, 0.4) is 0 Å². The molecule has 0 saturated heterocycles. The van der Waals surface area contributed by atoms with Gasteiger partial charge >= 0.3 is 6.09 Å². The molecule has 3 heterocycles. The molecule has 1 atom stereocenters. The summed E-state index contributed by atoms with van der Waals surface area (Å²) in [5.74, 6) is 0. The fraction of sp³-hybridized carbons (Fsp3) is 0.389. The maximum atomic E-state index is 12.3. The normalized spacial score (nSPS) is 13.7. The largest absolute Gasteiger partial charge is 0.444 e. The Hall–Kier alpha value is -2.70. The molecule has 146 valence electrons. The topological polar surface area (TPSA) is 106 Å². The van der Waals surface area contributed by atoms with Gasteiger partial charge in [0.2, 0.25) is 5.28 Å². The van der Waals surface area contributed by atoms with Gasteiger partial charge in [-0.3, -0.25) is 5.32 Å². The lowest BCUT2D eigenvalue weighted by Crippen LogP contribution is -2.49. The van der Waals surface area contributed by atoms with Gasteiger partial charge in [-0.25, -0.2) is 19.4 Å². The van der Waals surface area contributed by atoms with E-state index in [4.69, 9.17) is 16.3 Å². The van der Waals surface area contributed by atoms with E-state index in [1.807, 2.05) is 11.4 Å². The molecule has 1 amide bonds. The van der Waals surface area contributed by atoms with Gasteiger partial charge in [0.1, 0.15) is 11.3 Å². The summed E-state index contributed by atoms with van der Waals surface area (Å²) in [5, 5.41) is 18.4. The van der Waals surface area contributed by atoms with Gasteiger partial charge in [0, 0.05) is 11.8 Å². The number of nitriles is 1. The highest BCUT2D eigenvalue weighted by Gasteiger charge is 2.32. The summed E-state index contributed by atoms with van der Waals surface area (Å²) in [7, 11) is 0. The average Bonchev–Trinajstić information content (AvgIpc) is 3.21. The number of fused-ring (bicyclic) bond motifs is 1. The highest BCUT2D eigenvalue weighted by molar-refractivity contribution is 7.17. The summed E-state index contributed by atoms with van der Waals surface area (Å²) < 4.78 is 7.72. The van der Waals surface area contributed by atoms with E-state index in [0.717, 1.165) is 10.2 Å². The van der Waals surface area contributed by atoms with Crippen LogP contribution in [-0.4, -0.2) is 31.4 Å². The van der Waals surface area contributed by atoms with Gasteiger partial charge in [-0.05, 0) is 50.7 Å². The van der Waals surface area contributed by atoms with Crippen molar-refractivity contribution < 1.29 is 9.53 Å². The van der Waals surface area contributed by atoms with Crippen molar-refractivity contribution in [3.05, 3.63) is 29.1 Å². The molecule has 0 bridgehead atoms. The van der Waals surface area contributed by atoms with E-state index < -0.39 is 17.4 Å². The van der Waals surface area contributed by atoms with E-state index in [0.29, 0.717) is 11.3 Å². The van der Waals surface area contributed by atoms with Crippen LogP contribution >= 0.6 is 22.9 Å². The lowest BCUT2D eigenvalue weighted by atomic mass is 10.1. The Morgan fingerprint density at radius 3 is 2.82 bits per heavy atom. The highest BCUT2D eigenvalue weighted by Crippen LogP contribution is 2.32. The number of carbonyl (C=O) groups excluding carboxylic acids is 1. The first kappa shape index (κ1) is 20.0. The van der Waals surface area contributed by atoms with Crippen LogP contribution in [0.15, 0.2) is 23.8 Å².